The first-order valence-electron chi connectivity index (χ1n) is 11.6. The first kappa shape index (κ1) is 20.5. The molecule has 2 saturated carbocycles. The molecule has 3 aromatic heterocycles. The number of fused-ring (bicyclic) bond motifs is 1. The summed E-state index contributed by atoms with van der Waals surface area (Å²) in [5.74, 6) is 4.63. The van der Waals surface area contributed by atoms with E-state index in [1.165, 1.54) is 18.5 Å². The van der Waals surface area contributed by atoms with Gasteiger partial charge in [0.05, 0.1) is 12.3 Å². The molecule has 0 aromatic carbocycles. The number of nitrogens with zero attached hydrogens (tertiary/aromatic N) is 5. The molecule has 4 heterocycles. The number of methoxy groups -OCH3 is 1. The molecule has 8 heteroatoms. The minimum absolute atomic E-state index is 0.328. The zero-order valence-corrected chi connectivity index (χ0v) is 18.7. The number of hydrogen-bond acceptors (Lipinski definition) is 8. The third kappa shape index (κ3) is 4.16. The lowest BCUT2D eigenvalue weighted by atomic mass is 10.1. The maximum Gasteiger partial charge on any atom is 0.219 e. The summed E-state index contributed by atoms with van der Waals surface area (Å²) in [6.45, 7) is 4.06. The van der Waals surface area contributed by atoms with Crippen molar-refractivity contribution in [1.29, 1.82) is 0 Å². The first-order chi connectivity index (χ1) is 16.2. The topological polar surface area (TPSA) is 99.3 Å². The van der Waals surface area contributed by atoms with Gasteiger partial charge in [0.1, 0.15) is 5.82 Å². The lowest BCUT2D eigenvalue weighted by molar-refractivity contribution is 0.153. The molecule has 1 saturated heterocycles. The van der Waals surface area contributed by atoms with E-state index < -0.39 is 0 Å². The number of nitrogens with two attached hydrogens (primary N) is 1. The van der Waals surface area contributed by atoms with E-state index >= 15 is 0 Å². The highest BCUT2D eigenvalue weighted by Crippen LogP contribution is 2.58. The van der Waals surface area contributed by atoms with Gasteiger partial charge in [0, 0.05) is 68.3 Å². The summed E-state index contributed by atoms with van der Waals surface area (Å²) in [5, 5.41) is 0. The molecule has 33 heavy (non-hydrogen) atoms. The Morgan fingerprint density at radius 1 is 1.09 bits per heavy atom. The van der Waals surface area contributed by atoms with E-state index in [-0.39, 0.29) is 0 Å². The van der Waals surface area contributed by atoms with Crippen LogP contribution in [0.5, 0.6) is 11.6 Å². The molecule has 3 aromatic rings. The van der Waals surface area contributed by atoms with Crippen LogP contribution < -0.4 is 10.5 Å². The molecule has 0 spiro atoms. The molecule has 170 valence electrons. The van der Waals surface area contributed by atoms with Crippen molar-refractivity contribution in [2.45, 2.75) is 24.7 Å². The fraction of sp³-hybridized carbons (Fsp3) is 0.440. The molecule has 2 N–H and O–H groups in total. The molecule has 8 nitrogen and oxygen atoms in total. The van der Waals surface area contributed by atoms with Crippen LogP contribution >= 0.6 is 0 Å². The van der Waals surface area contributed by atoms with Crippen molar-refractivity contribution in [3.05, 3.63) is 54.2 Å². The van der Waals surface area contributed by atoms with Gasteiger partial charge in [-0.1, -0.05) is 6.07 Å². The Kier molecular flexibility index (Phi) is 5.19. The lowest BCUT2D eigenvalue weighted by Gasteiger charge is -2.19. The number of piperidine rings is 1. The Labute approximate surface area is 193 Å². The fourth-order valence-electron chi connectivity index (χ4n) is 4.98. The van der Waals surface area contributed by atoms with E-state index in [9.17, 15) is 0 Å². The van der Waals surface area contributed by atoms with E-state index in [0.29, 0.717) is 41.1 Å². The van der Waals surface area contributed by atoms with Gasteiger partial charge in [-0.2, -0.15) is 0 Å². The van der Waals surface area contributed by atoms with Crippen molar-refractivity contribution >= 4 is 5.82 Å². The Hall–Kier alpha value is -3.10. The van der Waals surface area contributed by atoms with Crippen molar-refractivity contribution in [2.75, 3.05) is 39.1 Å². The van der Waals surface area contributed by atoms with Crippen molar-refractivity contribution < 1.29 is 9.47 Å². The van der Waals surface area contributed by atoms with Crippen LogP contribution in [-0.4, -0.2) is 58.2 Å². The van der Waals surface area contributed by atoms with Crippen LogP contribution in [0.15, 0.2) is 42.7 Å². The summed E-state index contributed by atoms with van der Waals surface area (Å²) in [6.07, 6.45) is 5.78. The number of aromatic nitrogens is 4. The Morgan fingerprint density at radius 3 is 2.67 bits per heavy atom. The van der Waals surface area contributed by atoms with E-state index in [0.717, 1.165) is 43.3 Å². The number of hydrogen-bond donors (Lipinski definition) is 1. The van der Waals surface area contributed by atoms with E-state index in [2.05, 4.69) is 20.9 Å². The summed E-state index contributed by atoms with van der Waals surface area (Å²) >= 11 is 0. The van der Waals surface area contributed by atoms with Crippen molar-refractivity contribution in [3.8, 4) is 22.9 Å². The molecule has 2 unspecified atom stereocenters. The lowest BCUT2D eigenvalue weighted by Crippen LogP contribution is -2.28. The smallest absolute Gasteiger partial charge is 0.219 e. The van der Waals surface area contributed by atoms with Gasteiger partial charge in [-0.25, -0.2) is 19.9 Å². The SMILES string of the molecule is COCCN1CC2C(C1)C2c1cc(-c2cnc(N)c(Oc3ccccn3)c2)nc(C2CC2)n1. The highest BCUT2D eigenvalue weighted by atomic mass is 16.5. The summed E-state index contributed by atoms with van der Waals surface area (Å²) < 4.78 is 11.1. The van der Waals surface area contributed by atoms with Crippen molar-refractivity contribution in [3.63, 3.8) is 0 Å². The average molecular weight is 445 g/mol. The number of rotatable bonds is 8. The van der Waals surface area contributed by atoms with Gasteiger partial charge in [-0.3, -0.25) is 0 Å². The minimum atomic E-state index is 0.328. The normalized spacial score (nSPS) is 24.0. The standard InChI is InChI=1S/C25H28N6O2/c1-32-9-8-31-13-17-18(14-31)23(17)20-11-19(29-25(30-20)15-5-6-15)16-10-21(24(26)28-12-16)33-22-4-2-3-7-27-22/h2-4,7,10-12,15,17-18,23H,5-6,8-9,13-14H2,1H3,(H2,26,28). The summed E-state index contributed by atoms with van der Waals surface area (Å²) in [7, 11) is 1.76. The van der Waals surface area contributed by atoms with Crippen LogP contribution in [0.3, 0.4) is 0 Å². The summed E-state index contributed by atoms with van der Waals surface area (Å²) in [5.41, 5.74) is 9.04. The second kappa shape index (κ2) is 8.35. The zero-order valence-electron chi connectivity index (χ0n) is 18.7. The van der Waals surface area contributed by atoms with Gasteiger partial charge >= 0.3 is 0 Å². The van der Waals surface area contributed by atoms with Gasteiger partial charge in [0.25, 0.3) is 0 Å². The maximum atomic E-state index is 6.09. The summed E-state index contributed by atoms with van der Waals surface area (Å²) in [6, 6.07) is 9.56. The second-order valence-corrected chi connectivity index (χ2v) is 9.29. The molecule has 3 aliphatic rings. The van der Waals surface area contributed by atoms with Gasteiger partial charge in [-0.15, -0.1) is 0 Å². The predicted octanol–water partition coefficient (Wildman–Crippen LogP) is 3.48. The Morgan fingerprint density at radius 2 is 1.94 bits per heavy atom. The van der Waals surface area contributed by atoms with Crippen LogP contribution in [0.2, 0.25) is 0 Å². The van der Waals surface area contributed by atoms with Gasteiger partial charge in [-0.05, 0) is 42.9 Å². The fourth-order valence-corrected chi connectivity index (χ4v) is 4.98. The maximum absolute atomic E-state index is 6.09. The number of likely N-dealkylation sites (tertiary alicyclic amines) is 1. The van der Waals surface area contributed by atoms with E-state index in [4.69, 9.17) is 25.2 Å². The largest absolute Gasteiger partial charge is 0.435 e. The number of anilines is 1. The summed E-state index contributed by atoms with van der Waals surface area (Å²) in [4.78, 5) is 21.0. The van der Waals surface area contributed by atoms with Gasteiger partial charge in [0.15, 0.2) is 11.6 Å². The van der Waals surface area contributed by atoms with Crippen LogP contribution in [0, 0.1) is 11.8 Å². The van der Waals surface area contributed by atoms with Crippen LogP contribution in [0.4, 0.5) is 5.82 Å². The van der Waals surface area contributed by atoms with Crippen molar-refractivity contribution in [2.24, 2.45) is 11.8 Å². The zero-order chi connectivity index (χ0) is 22.4. The van der Waals surface area contributed by atoms with Gasteiger partial charge < -0.3 is 20.1 Å². The minimum Gasteiger partial charge on any atom is -0.435 e. The molecular weight excluding hydrogens is 416 g/mol. The van der Waals surface area contributed by atoms with Crippen molar-refractivity contribution in [1.82, 2.24) is 24.8 Å². The molecule has 0 amide bonds. The number of pyridine rings is 2. The number of nitrogen functional groups attached to an aromatic ring is 1. The first-order valence-corrected chi connectivity index (χ1v) is 11.6. The second-order valence-electron chi connectivity index (χ2n) is 9.29. The quantitative estimate of drug-likeness (QED) is 0.564. The van der Waals surface area contributed by atoms with Crippen LogP contribution in [-0.2, 0) is 4.74 Å². The average Bonchev–Trinajstić information content (AvgIpc) is 3.76. The molecule has 2 atom stereocenters. The molecule has 0 radical (unpaired) electrons. The molecule has 2 aliphatic carbocycles. The predicted molar refractivity (Wildman–Crippen MR) is 124 cm³/mol. The third-order valence-corrected chi connectivity index (χ3v) is 6.96. The highest BCUT2D eigenvalue weighted by molar-refractivity contribution is 5.65. The molecule has 1 aliphatic heterocycles. The Bertz CT molecular complexity index is 1140. The van der Waals surface area contributed by atoms with E-state index in [1.807, 2.05) is 18.2 Å². The van der Waals surface area contributed by atoms with E-state index in [1.54, 1.807) is 25.6 Å². The number of ether oxygens (including phenoxy) is 2. The molecule has 3 fully saturated rings. The van der Waals surface area contributed by atoms with Crippen LogP contribution in [0.1, 0.15) is 36.2 Å². The monoisotopic (exact) mass is 444 g/mol. The molecule has 6 rings (SSSR count). The third-order valence-electron chi connectivity index (χ3n) is 6.96. The van der Waals surface area contributed by atoms with Crippen LogP contribution in [0.25, 0.3) is 11.3 Å². The molecule has 0 bridgehead atoms. The van der Waals surface area contributed by atoms with Gasteiger partial charge in [0.2, 0.25) is 5.88 Å². The molecular formula is C25H28N6O2. The Balaban J connectivity index is 1.27. The highest BCUT2D eigenvalue weighted by Gasteiger charge is 2.57.